The maximum atomic E-state index is 11.8. The Kier molecular flexibility index (Phi) is 5.55. The number of likely N-dealkylation sites (N-methyl/N-ethyl adjacent to an activating group) is 1. The summed E-state index contributed by atoms with van der Waals surface area (Å²) in [5.41, 5.74) is 5.23. The first-order chi connectivity index (χ1) is 6.89. The highest BCUT2D eigenvalue weighted by molar-refractivity contribution is 7.86. The Morgan fingerprint density at radius 1 is 1.40 bits per heavy atom. The zero-order chi connectivity index (χ0) is 12.1. The molecule has 0 aromatic carbocycles. The zero-order valence-electron chi connectivity index (χ0n) is 9.21. The van der Waals surface area contributed by atoms with Crippen LogP contribution in [-0.2, 0) is 10.2 Å². The van der Waals surface area contributed by atoms with E-state index in [2.05, 4.69) is 5.16 Å². The second-order valence-electron chi connectivity index (χ2n) is 2.94. The van der Waals surface area contributed by atoms with E-state index in [4.69, 9.17) is 10.9 Å². The van der Waals surface area contributed by atoms with Gasteiger partial charge in [0.05, 0.1) is 6.54 Å². The Morgan fingerprint density at radius 3 is 2.20 bits per heavy atom. The Balaban J connectivity index is 4.73. The number of hydrogen-bond acceptors (Lipinski definition) is 4. The van der Waals surface area contributed by atoms with Gasteiger partial charge in [-0.05, 0) is 0 Å². The Morgan fingerprint density at radius 2 is 1.87 bits per heavy atom. The smallest absolute Gasteiger partial charge is 0.282 e. The molecule has 0 unspecified atom stereocenters. The molecule has 0 fully saturated rings. The average molecular weight is 238 g/mol. The van der Waals surface area contributed by atoms with Gasteiger partial charge in [0.1, 0.15) is 0 Å². The monoisotopic (exact) mass is 238 g/mol. The lowest BCUT2D eigenvalue weighted by Gasteiger charge is -2.24. The van der Waals surface area contributed by atoms with Gasteiger partial charge >= 0.3 is 0 Å². The second-order valence-corrected chi connectivity index (χ2v) is 4.97. The fourth-order valence-electron chi connectivity index (χ4n) is 1.09. The largest absolute Gasteiger partial charge is 0.409 e. The molecule has 0 radical (unpaired) electrons. The molecule has 0 saturated heterocycles. The average Bonchev–Trinajstić information content (AvgIpc) is 2.18. The summed E-state index contributed by atoms with van der Waals surface area (Å²) in [6, 6.07) is 0. The van der Waals surface area contributed by atoms with Crippen LogP contribution in [0, 0.1) is 0 Å². The van der Waals surface area contributed by atoms with E-state index in [0.29, 0.717) is 13.1 Å². The molecule has 0 amide bonds. The van der Waals surface area contributed by atoms with Crippen molar-refractivity contribution in [3.63, 3.8) is 0 Å². The molecule has 0 aliphatic rings. The number of amidine groups is 1. The molecule has 7 nitrogen and oxygen atoms in total. The molecule has 0 bridgehead atoms. The number of nitrogens with two attached hydrogens (primary N) is 1. The number of nitrogens with zero attached hydrogens (tertiary/aromatic N) is 3. The summed E-state index contributed by atoms with van der Waals surface area (Å²) < 4.78 is 25.9. The predicted molar refractivity (Wildman–Crippen MR) is 57.9 cm³/mol. The van der Waals surface area contributed by atoms with Crippen LogP contribution in [0.1, 0.15) is 13.8 Å². The van der Waals surface area contributed by atoms with E-state index in [0.717, 1.165) is 4.31 Å². The van der Waals surface area contributed by atoms with Crippen molar-refractivity contribution >= 4 is 16.0 Å². The van der Waals surface area contributed by atoms with Gasteiger partial charge in [0.2, 0.25) is 0 Å². The van der Waals surface area contributed by atoms with Gasteiger partial charge in [0.25, 0.3) is 10.2 Å². The summed E-state index contributed by atoms with van der Waals surface area (Å²) in [7, 11) is -2.13. The molecule has 0 heterocycles. The van der Waals surface area contributed by atoms with Gasteiger partial charge in [-0.1, -0.05) is 19.0 Å². The van der Waals surface area contributed by atoms with Crippen LogP contribution in [-0.4, -0.2) is 54.8 Å². The summed E-state index contributed by atoms with van der Waals surface area (Å²) >= 11 is 0. The van der Waals surface area contributed by atoms with Crippen molar-refractivity contribution in [3.8, 4) is 0 Å². The third-order valence-electron chi connectivity index (χ3n) is 1.94. The van der Waals surface area contributed by atoms with Crippen molar-refractivity contribution in [2.45, 2.75) is 13.8 Å². The molecule has 0 aromatic heterocycles. The van der Waals surface area contributed by atoms with E-state index in [9.17, 15) is 8.42 Å². The topological polar surface area (TPSA) is 99.2 Å². The molecule has 0 aliphatic heterocycles. The van der Waals surface area contributed by atoms with E-state index >= 15 is 0 Å². The summed E-state index contributed by atoms with van der Waals surface area (Å²) in [5, 5.41) is 11.1. The van der Waals surface area contributed by atoms with E-state index in [1.807, 2.05) is 0 Å². The highest BCUT2D eigenvalue weighted by atomic mass is 32.2. The highest BCUT2D eigenvalue weighted by Crippen LogP contribution is 2.04. The van der Waals surface area contributed by atoms with Gasteiger partial charge in [-0.15, -0.1) is 0 Å². The minimum atomic E-state index is -3.51. The molecular weight excluding hydrogens is 220 g/mol. The lowest BCUT2D eigenvalue weighted by Crippen LogP contribution is -2.44. The minimum Gasteiger partial charge on any atom is -0.409 e. The lowest BCUT2D eigenvalue weighted by molar-refractivity contribution is 0.315. The Bertz CT molecular complexity index is 310. The highest BCUT2D eigenvalue weighted by Gasteiger charge is 2.24. The number of rotatable bonds is 6. The molecule has 0 aliphatic carbocycles. The van der Waals surface area contributed by atoms with Crippen molar-refractivity contribution < 1.29 is 13.6 Å². The molecule has 8 heteroatoms. The first kappa shape index (κ1) is 14.1. The zero-order valence-corrected chi connectivity index (χ0v) is 10.0. The first-order valence-corrected chi connectivity index (χ1v) is 5.97. The SMILES string of the molecule is CCN(CC)S(=O)(=O)N(C)CC(N)=NO. The molecule has 90 valence electrons. The van der Waals surface area contributed by atoms with Crippen LogP contribution < -0.4 is 5.73 Å². The maximum absolute atomic E-state index is 11.8. The van der Waals surface area contributed by atoms with E-state index in [-0.39, 0.29) is 12.4 Å². The second kappa shape index (κ2) is 5.89. The molecular formula is C7H18N4O3S. The van der Waals surface area contributed by atoms with Gasteiger partial charge in [-0.25, -0.2) is 0 Å². The van der Waals surface area contributed by atoms with Crippen LogP contribution in [0.2, 0.25) is 0 Å². The quantitative estimate of drug-likeness (QED) is 0.275. The summed E-state index contributed by atoms with van der Waals surface area (Å²) in [4.78, 5) is 0. The fraction of sp³-hybridized carbons (Fsp3) is 0.857. The van der Waals surface area contributed by atoms with Crippen LogP contribution in [0.15, 0.2) is 5.16 Å². The normalized spacial score (nSPS) is 13.8. The third kappa shape index (κ3) is 3.65. The minimum absolute atomic E-state index is 0.130. The third-order valence-corrected chi connectivity index (χ3v) is 4.02. The maximum Gasteiger partial charge on any atom is 0.282 e. The van der Waals surface area contributed by atoms with E-state index < -0.39 is 10.2 Å². The van der Waals surface area contributed by atoms with E-state index in [1.54, 1.807) is 13.8 Å². The van der Waals surface area contributed by atoms with Crippen molar-refractivity contribution in [3.05, 3.63) is 0 Å². The summed E-state index contributed by atoms with van der Waals surface area (Å²) in [5.74, 6) is -0.145. The van der Waals surface area contributed by atoms with Gasteiger partial charge in [0, 0.05) is 20.1 Å². The molecule has 0 spiro atoms. The molecule has 0 rings (SSSR count). The standard InChI is InChI=1S/C7H18N4O3S/c1-4-11(5-2)15(13,14)10(3)6-7(8)9-12/h12H,4-6H2,1-3H3,(H2,8,9). The van der Waals surface area contributed by atoms with Crippen LogP contribution in [0.5, 0.6) is 0 Å². The van der Waals surface area contributed by atoms with Gasteiger partial charge in [-0.3, -0.25) is 0 Å². The van der Waals surface area contributed by atoms with Crippen molar-refractivity contribution in [2.75, 3.05) is 26.7 Å². The van der Waals surface area contributed by atoms with Gasteiger partial charge in [0.15, 0.2) is 5.84 Å². The predicted octanol–water partition coefficient (Wildman–Crippen LogP) is -0.749. The Hall–Kier alpha value is -0.860. The summed E-state index contributed by atoms with van der Waals surface area (Å²) in [6.45, 7) is 4.14. The Labute approximate surface area is 90.3 Å². The number of oxime groups is 1. The van der Waals surface area contributed by atoms with Crippen molar-refractivity contribution in [1.82, 2.24) is 8.61 Å². The van der Waals surface area contributed by atoms with E-state index in [1.165, 1.54) is 11.4 Å². The number of hydrogen-bond donors (Lipinski definition) is 2. The van der Waals surface area contributed by atoms with Crippen molar-refractivity contribution in [1.29, 1.82) is 0 Å². The molecule has 15 heavy (non-hydrogen) atoms. The first-order valence-electron chi connectivity index (χ1n) is 4.57. The van der Waals surface area contributed by atoms with Crippen LogP contribution in [0.4, 0.5) is 0 Å². The van der Waals surface area contributed by atoms with Gasteiger partial charge in [-0.2, -0.15) is 17.0 Å². The van der Waals surface area contributed by atoms with Gasteiger partial charge < -0.3 is 10.9 Å². The molecule has 0 aromatic rings. The van der Waals surface area contributed by atoms with Crippen molar-refractivity contribution in [2.24, 2.45) is 10.9 Å². The lowest BCUT2D eigenvalue weighted by atomic mass is 10.6. The fourth-order valence-corrected chi connectivity index (χ4v) is 2.43. The van der Waals surface area contributed by atoms with Crippen LogP contribution in [0.25, 0.3) is 0 Å². The van der Waals surface area contributed by atoms with Crippen LogP contribution >= 0.6 is 0 Å². The summed E-state index contributed by atoms with van der Waals surface area (Å²) in [6.07, 6.45) is 0. The molecule has 0 saturated carbocycles. The van der Waals surface area contributed by atoms with Crippen LogP contribution in [0.3, 0.4) is 0 Å². The molecule has 3 N–H and O–H groups in total. The molecule has 0 atom stereocenters.